The maximum absolute atomic E-state index is 12.6. The lowest BCUT2D eigenvalue weighted by Gasteiger charge is -2.42. The highest BCUT2D eigenvalue weighted by Gasteiger charge is 2.43. The second-order valence-corrected chi connectivity index (χ2v) is 6.91. The molecule has 2 fully saturated rings. The minimum absolute atomic E-state index is 0.0235. The van der Waals surface area contributed by atoms with Crippen LogP contribution in [0.5, 0.6) is 0 Å². The smallest absolute Gasteiger partial charge is 0.318 e. The van der Waals surface area contributed by atoms with E-state index in [-0.39, 0.29) is 12.5 Å². The van der Waals surface area contributed by atoms with Crippen molar-refractivity contribution >= 4 is 23.3 Å². The standard InChI is InChI=1S/C15H20N2O3S/c18-13(19)8-15(5-1-6-15)16-14(20)17(12-2-3-12)9-11-4-7-21-10-11/h4,7,10,12H,1-3,5-6,8-9H2,(H,16,20)(H,18,19). The van der Waals surface area contributed by atoms with Gasteiger partial charge in [-0.25, -0.2) is 4.79 Å². The Kier molecular flexibility index (Phi) is 3.89. The van der Waals surface area contributed by atoms with Gasteiger partial charge in [0.2, 0.25) is 0 Å². The van der Waals surface area contributed by atoms with Gasteiger partial charge in [0.1, 0.15) is 0 Å². The minimum Gasteiger partial charge on any atom is -0.481 e. The number of urea groups is 1. The molecule has 3 rings (SSSR count). The lowest BCUT2D eigenvalue weighted by atomic mass is 9.74. The van der Waals surface area contributed by atoms with Gasteiger partial charge in [-0.1, -0.05) is 0 Å². The van der Waals surface area contributed by atoms with E-state index < -0.39 is 11.5 Å². The van der Waals surface area contributed by atoms with E-state index in [1.165, 1.54) is 0 Å². The Labute approximate surface area is 128 Å². The Bertz CT molecular complexity index is 521. The Morgan fingerprint density at radius 3 is 2.67 bits per heavy atom. The molecular formula is C15H20N2O3S. The Hall–Kier alpha value is -1.56. The van der Waals surface area contributed by atoms with Crippen LogP contribution in [-0.2, 0) is 11.3 Å². The lowest BCUT2D eigenvalue weighted by Crippen LogP contribution is -2.58. The molecule has 5 nitrogen and oxygen atoms in total. The summed E-state index contributed by atoms with van der Waals surface area (Å²) in [7, 11) is 0. The molecule has 2 saturated carbocycles. The van der Waals surface area contributed by atoms with Crippen LogP contribution in [0.3, 0.4) is 0 Å². The van der Waals surface area contributed by atoms with Crippen LogP contribution >= 0.6 is 11.3 Å². The van der Waals surface area contributed by atoms with E-state index in [0.717, 1.165) is 37.7 Å². The number of hydrogen-bond donors (Lipinski definition) is 2. The van der Waals surface area contributed by atoms with Crippen molar-refractivity contribution in [2.75, 3.05) is 0 Å². The third-order valence-electron chi connectivity index (χ3n) is 4.35. The van der Waals surface area contributed by atoms with Crippen molar-refractivity contribution in [3.63, 3.8) is 0 Å². The van der Waals surface area contributed by atoms with Crippen molar-refractivity contribution in [3.05, 3.63) is 22.4 Å². The average molecular weight is 308 g/mol. The molecule has 0 unspecified atom stereocenters. The molecule has 21 heavy (non-hydrogen) atoms. The van der Waals surface area contributed by atoms with Gasteiger partial charge in [-0.2, -0.15) is 11.3 Å². The summed E-state index contributed by atoms with van der Waals surface area (Å²) in [6.45, 7) is 0.614. The summed E-state index contributed by atoms with van der Waals surface area (Å²) in [6.07, 6.45) is 4.63. The van der Waals surface area contributed by atoms with Gasteiger partial charge in [-0.3, -0.25) is 4.79 Å². The number of carbonyl (C=O) groups is 2. The molecule has 1 aromatic rings. The first kappa shape index (κ1) is 14.4. The zero-order valence-electron chi connectivity index (χ0n) is 11.9. The molecular weight excluding hydrogens is 288 g/mol. The second kappa shape index (κ2) is 5.67. The fourth-order valence-electron chi connectivity index (χ4n) is 2.87. The first-order chi connectivity index (χ1) is 10.1. The van der Waals surface area contributed by atoms with Gasteiger partial charge in [-0.15, -0.1) is 0 Å². The molecule has 0 bridgehead atoms. The highest BCUT2D eigenvalue weighted by Crippen LogP contribution is 2.36. The maximum atomic E-state index is 12.6. The molecule has 6 heteroatoms. The summed E-state index contributed by atoms with van der Waals surface area (Å²) in [5.41, 5.74) is 0.619. The molecule has 1 heterocycles. The van der Waals surface area contributed by atoms with Crippen LogP contribution in [0.1, 0.15) is 44.1 Å². The molecule has 0 aliphatic heterocycles. The number of carboxylic acids is 1. The molecule has 0 radical (unpaired) electrons. The molecule has 0 spiro atoms. The number of carbonyl (C=O) groups excluding carboxylic acids is 1. The quantitative estimate of drug-likeness (QED) is 0.849. The summed E-state index contributed by atoms with van der Waals surface area (Å²) >= 11 is 1.63. The molecule has 1 aromatic heterocycles. The van der Waals surface area contributed by atoms with Crippen molar-refractivity contribution in [1.82, 2.24) is 10.2 Å². The van der Waals surface area contributed by atoms with E-state index in [0.29, 0.717) is 12.6 Å². The van der Waals surface area contributed by atoms with Gasteiger partial charge in [0, 0.05) is 12.6 Å². The largest absolute Gasteiger partial charge is 0.481 e. The Morgan fingerprint density at radius 1 is 1.43 bits per heavy atom. The second-order valence-electron chi connectivity index (χ2n) is 6.13. The van der Waals surface area contributed by atoms with Crippen LogP contribution < -0.4 is 5.32 Å². The van der Waals surface area contributed by atoms with Crippen LogP contribution in [0.4, 0.5) is 4.79 Å². The molecule has 2 aliphatic carbocycles. The van der Waals surface area contributed by atoms with Crippen LogP contribution in [0.25, 0.3) is 0 Å². The summed E-state index contributed by atoms with van der Waals surface area (Å²) in [5.74, 6) is -0.842. The van der Waals surface area contributed by atoms with Crippen LogP contribution in [0, 0.1) is 0 Å². The van der Waals surface area contributed by atoms with Gasteiger partial charge in [0.25, 0.3) is 0 Å². The highest BCUT2D eigenvalue weighted by atomic mass is 32.1. The van der Waals surface area contributed by atoms with E-state index in [4.69, 9.17) is 5.11 Å². The average Bonchev–Trinajstić information content (AvgIpc) is 3.09. The van der Waals surface area contributed by atoms with E-state index in [9.17, 15) is 9.59 Å². The monoisotopic (exact) mass is 308 g/mol. The van der Waals surface area contributed by atoms with Gasteiger partial charge < -0.3 is 15.3 Å². The van der Waals surface area contributed by atoms with E-state index in [1.807, 2.05) is 16.3 Å². The number of amides is 2. The van der Waals surface area contributed by atoms with Gasteiger partial charge in [0.05, 0.1) is 12.0 Å². The molecule has 0 saturated heterocycles. The van der Waals surface area contributed by atoms with Crippen LogP contribution in [0.15, 0.2) is 16.8 Å². The zero-order valence-corrected chi connectivity index (χ0v) is 12.7. The molecule has 114 valence electrons. The molecule has 2 amide bonds. The number of nitrogens with zero attached hydrogens (tertiary/aromatic N) is 1. The van der Waals surface area contributed by atoms with Crippen molar-refractivity contribution in [3.8, 4) is 0 Å². The first-order valence-corrected chi connectivity index (χ1v) is 8.34. The molecule has 2 N–H and O–H groups in total. The predicted octanol–water partition coefficient (Wildman–Crippen LogP) is 2.82. The van der Waals surface area contributed by atoms with Crippen LogP contribution in [0.2, 0.25) is 0 Å². The number of nitrogens with one attached hydrogen (secondary N) is 1. The summed E-state index contributed by atoms with van der Waals surface area (Å²) in [4.78, 5) is 25.4. The predicted molar refractivity (Wildman–Crippen MR) is 80.3 cm³/mol. The molecule has 0 atom stereocenters. The Morgan fingerprint density at radius 2 is 2.19 bits per heavy atom. The molecule has 2 aliphatic rings. The van der Waals surface area contributed by atoms with Crippen molar-refractivity contribution in [1.29, 1.82) is 0 Å². The summed E-state index contributed by atoms with van der Waals surface area (Å²) < 4.78 is 0. The maximum Gasteiger partial charge on any atom is 0.318 e. The van der Waals surface area contributed by atoms with Gasteiger partial charge >= 0.3 is 12.0 Å². The topological polar surface area (TPSA) is 69.6 Å². The normalized spacial score (nSPS) is 19.6. The van der Waals surface area contributed by atoms with Crippen LogP contribution in [-0.4, -0.2) is 33.6 Å². The fraction of sp³-hybridized carbons (Fsp3) is 0.600. The van der Waals surface area contributed by atoms with E-state index in [1.54, 1.807) is 11.3 Å². The first-order valence-electron chi connectivity index (χ1n) is 7.40. The number of carboxylic acid groups (broad SMARTS) is 1. The van der Waals surface area contributed by atoms with Crippen molar-refractivity contribution < 1.29 is 14.7 Å². The van der Waals surface area contributed by atoms with Gasteiger partial charge in [0.15, 0.2) is 0 Å². The van der Waals surface area contributed by atoms with E-state index >= 15 is 0 Å². The summed E-state index contributed by atoms with van der Waals surface area (Å²) in [6, 6.07) is 2.24. The Balaban J connectivity index is 1.65. The highest BCUT2D eigenvalue weighted by molar-refractivity contribution is 7.07. The lowest BCUT2D eigenvalue weighted by molar-refractivity contribution is -0.139. The van der Waals surface area contributed by atoms with Crippen molar-refractivity contribution in [2.24, 2.45) is 0 Å². The van der Waals surface area contributed by atoms with Gasteiger partial charge in [-0.05, 0) is 54.5 Å². The third kappa shape index (κ3) is 3.37. The van der Waals surface area contributed by atoms with Crippen molar-refractivity contribution in [2.45, 2.75) is 56.7 Å². The molecule has 0 aromatic carbocycles. The van der Waals surface area contributed by atoms with E-state index in [2.05, 4.69) is 10.7 Å². The zero-order chi connectivity index (χ0) is 14.9. The number of hydrogen-bond acceptors (Lipinski definition) is 3. The summed E-state index contributed by atoms with van der Waals surface area (Å²) in [5, 5.41) is 16.1. The fourth-order valence-corrected chi connectivity index (χ4v) is 3.53. The third-order valence-corrected chi connectivity index (χ3v) is 5.09. The number of thiophene rings is 1. The number of rotatable bonds is 6. The SMILES string of the molecule is O=C(O)CC1(NC(=O)N(Cc2ccsc2)C2CC2)CCC1. The number of aliphatic carboxylic acids is 1. The minimum atomic E-state index is -0.842.